The van der Waals surface area contributed by atoms with Crippen LogP contribution >= 0.6 is 21.6 Å². The number of fused-ring (bicyclic) bond motifs is 1. The number of ether oxygens (including phenoxy) is 2. The first-order valence-electron chi connectivity index (χ1n) is 11.2. The van der Waals surface area contributed by atoms with Gasteiger partial charge in [-0.1, -0.05) is 33.4 Å². The van der Waals surface area contributed by atoms with Gasteiger partial charge < -0.3 is 29.4 Å². The van der Waals surface area contributed by atoms with Gasteiger partial charge >= 0.3 is 12.1 Å². The zero-order valence-electron chi connectivity index (χ0n) is 20.9. The van der Waals surface area contributed by atoms with Crippen LogP contribution in [0.3, 0.4) is 0 Å². The molecular weight excluding hydrogens is 549 g/mol. The molecule has 0 aliphatic carbocycles. The third kappa shape index (κ3) is 7.44. The van der Waals surface area contributed by atoms with E-state index < -0.39 is 42.6 Å². The minimum Gasteiger partial charge on any atom is -0.394 e. The predicted molar refractivity (Wildman–Crippen MR) is 139 cm³/mol. The molecule has 3 heterocycles. The Balaban J connectivity index is 1.99. The summed E-state index contributed by atoms with van der Waals surface area (Å²) in [6, 6.07) is 0. The van der Waals surface area contributed by atoms with Crippen molar-refractivity contribution < 1.29 is 32.5 Å². The van der Waals surface area contributed by atoms with Gasteiger partial charge in [-0.25, -0.2) is 4.99 Å². The fourth-order valence-corrected chi connectivity index (χ4v) is 5.04. The molecule has 3 rings (SSSR count). The van der Waals surface area contributed by atoms with Gasteiger partial charge in [0.15, 0.2) is 5.65 Å². The lowest BCUT2D eigenvalue weighted by Gasteiger charge is -2.20. The van der Waals surface area contributed by atoms with Crippen LogP contribution < -0.4 is 10.9 Å². The molecule has 1 aliphatic rings. The molecule has 1 fully saturated rings. The van der Waals surface area contributed by atoms with Crippen LogP contribution in [0.4, 0.5) is 19.1 Å². The van der Waals surface area contributed by atoms with E-state index in [0.29, 0.717) is 6.42 Å². The number of hydrogen-bond donors (Lipinski definition) is 3. The second kappa shape index (κ2) is 12.9. The van der Waals surface area contributed by atoms with Crippen LogP contribution in [0.5, 0.6) is 0 Å². The zero-order valence-corrected chi connectivity index (χ0v) is 22.5. The molecular formula is C22H27F3N6O5S2. The van der Waals surface area contributed by atoms with Gasteiger partial charge in [0.25, 0.3) is 5.56 Å². The Morgan fingerprint density at radius 2 is 2.26 bits per heavy atom. The highest BCUT2D eigenvalue weighted by Crippen LogP contribution is 2.36. The zero-order chi connectivity index (χ0) is 28.0. The lowest BCUT2D eigenvalue weighted by Crippen LogP contribution is -2.36. The number of nitrogens with one attached hydrogen (secondary N) is 2. The monoisotopic (exact) mass is 576 g/mol. The topological polar surface area (TPSA) is 134 Å². The molecule has 2 aromatic heterocycles. The van der Waals surface area contributed by atoms with Gasteiger partial charge in [-0.15, -0.1) is 0 Å². The first kappa shape index (κ1) is 29.8. The molecule has 3 N–H and O–H groups in total. The molecule has 1 saturated heterocycles. The van der Waals surface area contributed by atoms with E-state index in [0.717, 1.165) is 0 Å². The standard InChI is InChI=1S/C22H27F3N6O5S2/c1-12(38-37-4)35-14-8-16(36-15(14)10-32)31-9-13(6-5-7-26-20(34)22(23,24)25)17-18(31)28-21(29-19(17)33)27-11-30(2)3/h9,11-12,14-16,32H,7-8,10H2,1-4H3,(H,26,34)(H,28,29,33)/t12-,14-,15?,16-/m1/s1. The average Bonchev–Trinajstić information content (AvgIpc) is 3.41. The van der Waals surface area contributed by atoms with Crippen LogP contribution in [0.2, 0.25) is 0 Å². The Bertz CT molecular complexity index is 1290. The smallest absolute Gasteiger partial charge is 0.394 e. The summed E-state index contributed by atoms with van der Waals surface area (Å²) in [5.74, 6) is 2.96. The van der Waals surface area contributed by atoms with Crippen LogP contribution in [-0.2, 0) is 14.3 Å². The summed E-state index contributed by atoms with van der Waals surface area (Å²) in [5.41, 5.74) is -0.401. The largest absolute Gasteiger partial charge is 0.471 e. The first-order chi connectivity index (χ1) is 17.9. The number of H-pyrrole nitrogens is 1. The number of alkyl halides is 3. The third-order valence-electron chi connectivity index (χ3n) is 5.17. The maximum absolute atomic E-state index is 13.0. The molecule has 16 heteroatoms. The van der Waals surface area contributed by atoms with E-state index in [1.807, 2.05) is 13.2 Å². The molecule has 0 spiro atoms. The van der Waals surface area contributed by atoms with E-state index in [9.17, 15) is 27.9 Å². The van der Waals surface area contributed by atoms with Crippen LogP contribution in [0, 0.1) is 11.8 Å². The number of aliphatic imine (C=N–C) groups is 1. The number of aliphatic hydroxyl groups excluding tert-OH is 1. The number of aromatic nitrogens is 3. The molecule has 38 heavy (non-hydrogen) atoms. The minimum absolute atomic E-state index is 0.0157. The van der Waals surface area contributed by atoms with Gasteiger partial charge in [-0.2, -0.15) is 18.2 Å². The quantitative estimate of drug-likeness (QED) is 0.135. The Labute approximate surface area is 223 Å². The van der Waals surface area contributed by atoms with E-state index in [4.69, 9.17) is 9.47 Å². The van der Waals surface area contributed by atoms with Gasteiger partial charge in [0, 0.05) is 26.7 Å². The Hall–Kier alpha value is -2.71. The van der Waals surface area contributed by atoms with Crippen LogP contribution in [-0.4, -0.2) is 94.1 Å². The fourth-order valence-electron chi connectivity index (χ4n) is 3.64. The molecule has 208 valence electrons. The highest BCUT2D eigenvalue weighted by molar-refractivity contribution is 8.76. The number of hydrogen-bond acceptors (Lipinski definition) is 9. The SMILES string of the molecule is CSS[C@H](C)O[C@@H]1C[C@H](n2cc(C#CCNC(=O)C(F)(F)F)c3c(=O)[nH]c(N=CN(C)C)nc32)OC1CO. The maximum Gasteiger partial charge on any atom is 0.471 e. The second-order valence-electron chi connectivity index (χ2n) is 8.28. The van der Waals surface area contributed by atoms with Crippen LogP contribution in [0.15, 0.2) is 16.0 Å². The van der Waals surface area contributed by atoms with Gasteiger partial charge in [-0.05, 0) is 13.2 Å². The van der Waals surface area contributed by atoms with Crippen LogP contribution in [0.25, 0.3) is 11.0 Å². The highest BCUT2D eigenvalue weighted by atomic mass is 33.1. The van der Waals surface area contributed by atoms with Gasteiger partial charge in [0.2, 0.25) is 5.95 Å². The number of aromatic amines is 1. The van der Waals surface area contributed by atoms with E-state index in [1.165, 1.54) is 23.3 Å². The number of rotatable bonds is 9. The summed E-state index contributed by atoms with van der Waals surface area (Å²) in [6.45, 7) is 0.999. The summed E-state index contributed by atoms with van der Waals surface area (Å²) in [5, 5.41) is 11.6. The molecule has 2 aromatic rings. The van der Waals surface area contributed by atoms with Crippen molar-refractivity contribution in [2.45, 2.75) is 43.4 Å². The predicted octanol–water partition coefficient (Wildman–Crippen LogP) is 2.00. The normalized spacial score (nSPS) is 20.5. The summed E-state index contributed by atoms with van der Waals surface area (Å²) in [6.07, 6.45) is -1.61. The number of nitrogens with zero attached hydrogens (tertiary/aromatic N) is 4. The summed E-state index contributed by atoms with van der Waals surface area (Å²) < 4.78 is 50.9. The van der Waals surface area contributed by atoms with Crippen molar-refractivity contribution in [2.75, 3.05) is 33.5 Å². The lowest BCUT2D eigenvalue weighted by molar-refractivity contribution is -0.173. The number of amides is 1. The summed E-state index contributed by atoms with van der Waals surface area (Å²) in [4.78, 5) is 36.8. The molecule has 1 aliphatic heterocycles. The minimum atomic E-state index is -5.03. The lowest BCUT2D eigenvalue weighted by atomic mass is 10.2. The van der Waals surface area contributed by atoms with Crippen LogP contribution in [0.1, 0.15) is 25.1 Å². The molecule has 11 nitrogen and oxygen atoms in total. The van der Waals surface area contributed by atoms with Crippen molar-refractivity contribution in [1.82, 2.24) is 24.8 Å². The molecule has 0 saturated carbocycles. The van der Waals surface area contributed by atoms with Gasteiger partial charge in [-0.3, -0.25) is 14.6 Å². The van der Waals surface area contributed by atoms with Crippen molar-refractivity contribution in [3.05, 3.63) is 22.1 Å². The summed E-state index contributed by atoms with van der Waals surface area (Å²) in [7, 11) is 6.54. The second-order valence-corrected chi connectivity index (χ2v) is 11.0. The van der Waals surface area contributed by atoms with Crippen molar-refractivity contribution in [2.24, 2.45) is 4.99 Å². The Morgan fingerprint density at radius 3 is 2.89 bits per heavy atom. The molecule has 0 radical (unpaired) electrons. The fraction of sp³-hybridized carbons (Fsp3) is 0.545. The van der Waals surface area contributed by atoms with Crippen molar-refractivity contribution in [3.63, 3.8) is 0 Å². The van der Waals surface area contributed by atoms with E-state index >= 15 is 0 Å². The molecule has 1 unspecified atom stereocenters. The molecule has 0 aromatic carbocycles. The molecule has 0 bridgehead atoms. The number of carbonyl (C=O) groups excluding carboxylic acids is 1. The average molecular weight is 577 g/mol. The third-order valence-corrected chi connectivity index (χ3v) is 7.13. The summed E-state index contributed by atoms with van der Waals surface area (Å²) >= 11 is 0. The molecule has 1 amide bonds. The molecule has 4 atom stereocenters. The number of aliphatic hydroxyl groups is 1. The van der Waals surface area contributed by atoms with E-state index in [-0.39, 0.29) is 34.6 Å². The number of halogens is 3. The Morgan fingerprint density at radius 1 is 1.53 bits per heavy atom. The van der Waals surface area contributed by atoms with Crippen molar-refractivity contribution >= 4 is 50.8 Å². The first-order valence-corrected chi connectivity index (χ1v) is 13.9. The number of carbonyl (C=O) groups is 1. The Kier molecular flexibility index (Phi) is 10.1. The maximum atomic E-state index is 13.0. The van der Waals surface area contributed by atoms with Crippen molar-refractivity contribution in [1.29, 1.82) is 0 Å². The van der Waals surface area contributed by atoms with Crippen molar-refractivity contribution in [3.8, 4) is 11.8 Å². The van der Waals surface area contributed by atoms with E-state index in [1.54, 1.807) is 39.7 Å². The highest BCUT2D eigenvalue weighted by Gasteiger charge is 2.39. The van der Waals surface area contributed by atoms with Gasteiger partial charge in [0.05, 0.1) is 36.5 Å². The van der Waals surface area contributed by atoms with Gasteiger partial charge in [0.1, 0.15) is 17.8 Å². The van der Waals surface area contributed by atoms with E-state index in [2.05, 4.69) is 26.8 Å².